The van der Waals surface area contributed by atoms with E-state index in [2.05, 4.69) is 15.3 Å². The number of halogens is 1. The number of rotatable bonds is 2. The number of aliphatic imine (C=N–C) groups is 1. The Morgan fingerprint density at radius 2 is 2.17 bits per heavy atom. The van der Waals surface area contributed by atoms with E-state index < -0.39 is 5.41 Å². The predicted octanol–water partition coefficient (Wildman–Crippen LogP) is 2.30. The van der Waals surface area contributed by atoms with E-state index in [9.17, 15) is 4.79 Å². The molecule has 1 aliphatic heterocycles. The summed E-state index contributed by atoms with van der Waals surface area (Å²) >= 11 is 5.68. The molecule has 1 unspecified atom stereocenters. The summed E-state index contributed by atoms with van der Waals surface area (Å²) in [6.07, 6.45) is 3.03. The van der Waals surface area contributed by atoms with Crippen molar-refractivity contribution >= 4 is 34.8 Å². The number of amides is 1. The van der Waals surface area contributed by atoms with E-state index >= 15 is 0 Å². The summed E-state index contributed by atoms with van der Waals surface area (Å²) in [6.45, 7) is 0. The fourth-order valence-electron chi connectivity index (χ4n) is 3.52. The normalized spacial score (nSPS) is 22.1. The Labute approximate surface area is 138 Å². The molecule has 2 aromatic rings. The van der Waals surface area contributed by atoms with Crippen molar-refractivity contribution in [3.05, 3.63) is 53.2 Å². The lowest BCUT2D eigenvalue weighted by molar-refractivity contribution is -0.120. The van der Waals surface area contributed by atoms with Crippen LogP contribution in [0.15, 0.2) is 41.5 Å². The molecule has 2 aliphatic rings. The molecule has 3 N–H and O–H groups in total. The highest BCUT2D eigenvalue weighted by molar-refractivity contribution is 6.28. The molecule has 0 radical (unpaired) electrons. The van der Waals surface area contributed by atoms with Crippen LogP contribution in [0.25, 0.3) is 0 Å². The molecule has 1 atom stereocenters. The topological polar surface area (TPSA) is 80.4 Å². The predicted molar refractivity (Wildman–Crippen MR) is 90.4 cm³/mol. The van der Waals surface area contributed by atoms with Crippen molar-refractivity contribution in [3.8, 4) is 0 Å². The molecule has 0 saturated carbocycles. The van der Waals surface area contributed by atoms with Gasteiger partial charge in [-0.1, -0.05) is 12.1 Å². The Morgan fingerprint density at radius 1 is 1.35 bits per heavy atom. The van der Waals surface area contributed by atoms with Crippen molar-refractivity contribution in [2.75, 3.05) is 11.2 Å². The number of nitrogens with zero attached hydrogens (tertiary/aromatic N) is 2. The van der Waals surface area contributed by atoms with Gasteiger partial charge >= 0.3 is 0 Å². The maximum absolute atomic E-state index is 12.6. The van der Waals surface area contributed by atoms with Gasteiger partial charge in [-0.2, -0.15) is 0 Å². The van der Waals surface area contributed by atoms with Gasteiger partial charge in [0.1, 0.15) is 11.7 Å². The molecule has 1 aromatic carbocycles. The fraction of sp³-hybridized carbons (Fsp3) is 0.235. The summed E-state index contributed by atoms with van der Waals surface area (Å²) in [4.78, 5) is 21.2. The number of amidine groups is 1. The molecule has 6 heteroatoms. The number of pyridine rings is 1. The van der Waals surface area contributed by atoms with Gasteiger partial charge in [0.25, 0.3) is 0 Å². The largest absolute Gasteiger partial charge is 0.386 e. The zero-order valence-corrected chi connectivity index (χ0v) is 13.1. The third kappa shape index (κ3) is 2.11. The molecule has 23 heavy (non-hydrogen) atoms. The number of hydrogen-bond acceptors (Lipinski definition) is 3. The Kier molecular flexibility index (Phi) is 3.13. The molecule has 1 spiro atoms. The minimum Gasteiger partial charge on any atom is -0.386 e. The van der Waals surface area contributed by atoms with Gasteiger partial charge in [-0.3, -0.25) is 4.79 Å². The first-order valence-electron chi connectivity index (χ1n) is 7.40. The summed E-state index contributed by atoms with van der Waals surface area (Å²) in [5.41, 5.74) is 9.19. The fourth-order valence-corrected chi connectivity index (χ4v) is 3.58. The SMILES string of the molecule is NC(CCl)=Nc1ccc2c(c1)CC1(C2)C(=O)Nc2ncccc21. The quantitative estimate of drug-likeness (QED) is 0.505. The molecular formula is C17H15ClN4O. The smallest absolute Gasteiger partial charge is 0.237 e. The van der Waals surface area contributed by atoms with Crippen LogP contribution in [0.5, 0.6) is 0 Å². The number of nitrogens with one attached hydrogen (secondary N) is 1. The van der Waals surface area contributed by atoms with E-state index in [0.717, 1.165) is 16.8 Å². The number of carbonyl (C=O) groups excluding carboxylic acids is 1. The molecule has 116 valence electrons. The van der Waals surface area contributed by atoms with Crippen LogP contribution in [0.3, 0.4) is 0 Å². The van der Waals surface area contributed by atoms with Crippen molar-refractivity contribution in [3.63, 3.8) is 0 Å². The Morgan fingerprint density at radius 3 is 3.00 bits per heavy atom. The number of carbonyl (C=O) groups is 1. The van der Waals surface area contributed by atoms with E-state index in [-0.39, 0.29) is 11.8 Å². The number of aromatic nitrogens is 1. The van der Waals surface area contributed by atoms with Gasteiger partial charge in [0.15, 0.2) is 0 Å². The van der Waals surface area contributed by atoms with Crippen LogP contribution in [-0.4, -0.2) is 22.6 Å². The molecule has 0 fully saturated rings. The highest BCUT2D eigenvalue weighted by Crippen LogP contribution is 2.47. The lowest BCUT2D eigenvalue weighted by Gasteiger charge is -2.20. The number of benzene rings is 1. The van der Waals surface area contributed by atoms with Gasteiger partial charge in [0.05, 0.1) is 17.0 Å². The third-order valence-corrected chi connectivity index (χ3v) is 4.85. The molecule has 4 rings (SSSR count). The Bertz CT molecular complexity index is 848. The molecule has 5 nitrogen and oxygen atoms in total. The van der Waals surface area contributed by atoms with Gasteiger partial charge in [-0.25, -0.2) is 9.98 Å². The lowest BCUT2D eigenvalue weighted by Crippen LogP contribution is -2.35. The molecule has 1 aromatic heterocycles. The second-order valence-electron chi connectivity index (χ2n) is 5.98. The first kappa shape index (κ1) is 14.2. The van der Waals surface area contributed by atoms with Crippen LogP contribution < -0.4 is 11.1 Å². The minimum atomic E-state index is -0.549. The highest BCUT2D eigenvalue weighted by Gasteiger charge is 2.50. The molecule has 0 saturated heterocycles. The van der Waals surface area contributed by atoms with Gasteiger partial charge in [-0.05, 0) is 42.2 Å². The number of fused-ring (bicyclic) bond motifs is 3. The first-order valence-corrected chi connectivity index (χ1v) is 7.93. The van der Waals surface area contributed by atoms with Crippen molar-refractivity contribution in [2.45, 2.75) is 18.3 Å². The number of nitrogens with two attached hydrogens (primary N) is 1. The standard InChI is InChI=1S/C17H15ClN4O/c18-9-14(19)21-12-4-3-10-7-17(8-11(10)6-12)13-2-1-5-20-15(13)22-16(17)23/h1-6H,7-9H2,(H2,19,21)(H,20,22,23). The van der Waals surface area contributed by atoms with Crippen molar-refractivity contribution in [2.24, 2.45) is 10.7 Å². The summed E-state index contributed by atoms with van der Waals surface area (Å²) in [6, 6.07) is 9.78. The number of alkyl halides is 1. The number of anilines is 1. The van der Waals surface area contributed by atoms with E-state index in [0.29, 0.717) is 24.5 Å². The second-order valence-corrected chi connectivity index (χ2v) is 6.25. The van der Waals surface area contributed by atoms with Gasteiger partial charge in [-0.15, -0.1) is 11.6 Å². The minimum absolute atomic E-state index is 0.0210. The Balaban J connectivity index is 1.75. The number of hydrogen-bond donors (Lipinski definition) is 2. The maximum atomic E-state index is 12.6. The van der Waals surface area contributed by atoms with Crippen molar-refractivity contribution < 1.29 is 4.79 Å². The molecule has 1 aliphatic carbocycles. The average molecular weight is 327 g/mol. The Hall–Kier alpha value is -2.40. The average Bonchev–Trinajstić information content (AvgIpc) is 3.06. The van der Waals surface area contributed by atoms with Crippen LogP contribution in [0, 0.1) is 0 Å². The summed E-state index contributed by atoms with van der Waals surface area (Å²) in [5.74, 6) is 1.28. The second kappa shape index (κ2) is 5.06. The van der Waals surface area contributed by atoms with E-state index in [1.54, 1.807) is 6.20 Å². The zero-order valence-electron chi connectivity index (χ0n) is 12.3. The monoisotopic (exact) mass is 326 g/mol. The summed E-state index contributed by atoms with van der Waals surface area (Å²) < 4.78 is 0. The van der Waals surface area contributed by atoms with Crippen LogP contribution in [0.4, 0.5) is 11.5 Å². The van der Waals surface area contributed by atoms with Gasteiger partial charge in [0, 0.05) is 11.8 Å². The van der Waals surface area contributed by atoms with Gasteiger partial charge in [0.2, 0.25) is 5.91 Å². The van der Waals surface area contributed by atoms with Crippen molar-refractivity contribution in [1.82, 2.24) is 4.98 Å². The summed E-state index contributed by atoms with van der Waals surface area (Å²) in [5, 5.41) is 2.91. The molecule has 1 amide bonds. The van der Waals surface area contributed by atoms with Crippen LogP contribution in [0.2, 0.25) is 0 Å². The lowest BCUT2D eigenvalue weighted by atomic mass is 9.79. The molecule has 2 heterocycles. The van der Waals surface area contributed by atoms with Gasteiger partial charge < -0.3 is 11.1 Å². The highest BCUT2D eigenvalue weighted by atomic mass is 35.5. The van der Waals surface area contributed by atoms with E-state index in [1.165, 1.54) is 5.56 Å². The van der Waals surface area contributed by atoms with E-state index in [4.69, 9.17) is 17.3 Å². The third-order valence-electron chi connectivity index (χ3n) is 4.57. The molecule has 0 bridgehead atoms. The van der Waals surface area contributed by atoms with Crippen LogP contribution in [0.1, 0.15) is 16.7 Å². The first-order chi connectivity index (χ1) is 11.1. The van der Waals surface area contributed by atoms with Crippen molar-refractivity contribution in [1.29, 1.82) is 0 Å². The zero-order chi connectivity index (χ0) is 16.0. The van der Waals surface area contributed by atoms with E-state index in [1.807, 2.05) is 30.3 Å². The maximum Gasteiger partial charge on any atom is 0.237 e. The summed E-state index contributed by atoms with van der Waals surface area (Å²) in [7, 11) is 0. The molecular weight excluding hydrogens is 312 g/mol. The van der Waals surface area contributed by atoms with Crippen LogP contribution >= 0.6 is 11.6 Å². The van der Waals surface area contributed by atoms with Crippen LogP contribution in [-0.2, 0) is 23.1 Å².